The van der Waals surface area contributed by atoms with Gasteiger partial charge in [0.25, 0.3) is 0 Å². The summed E-state index contributed by atoms with van der Waals surface area (Å²) in [5, 5.41) is 13.4. The Balaban J connectivity index is 1.69. The van der Waals surface area contributed by atoms with Crippen LogP contribution in [-0.4, -0.2) is 26.4 Å². The molecule has 1 aromatic heterocycles. The molecule has 2 aromatic carbocycles. The first-order valence-corrected chi connectivity index (χ1v) is 10.6. The Morgan fingerprint density at radius 1 is 1.00 bits per heavy atom. The van der Waals surface area contributed by atoms with E-state index in [9.17, 15) is 4.79 Å². The van der Waals surface area contributed by atoms with E-state index in [1.54, 1.807) is 29.8 Å². The molecule has 11 heteroatoms. The summed E-state index contributed by atoms with van der Waals surface area (Å²) in [5.41, 5.74) is 1.08. The topological polar surface area (TPSA) is 59.8 Å². The lowest BCUT2D eigenvalue weighted by molar-refractivity contribution is -0.113. The fraction of sp³-hybridized carbons (Fsp3) is 0.118. The predicted molar refractivity (Wildman–Crippen MR) is 117 cm³/mol. The third kappa shape index (κ3) is 4.87. The summed E-state index contributed by atoms with van der Waals surface area (Å²) in [4.78, 5) is 12.3. The van der Waals surface area contributed by atoms with Crippen molar-refractivity contribution in [2.45, 2.75) is 5.16 Å². The van der Waals surface area contributed by atoms with Crippen LogP contribution in [0.4, 0.5) is 5.69 Å². The van der Waals surface area contributed by atoms with Crippen molar-refractivity contribution in [1.29, 1.82) is 0 Å². The van der Waals surface area contributed by atoms with Gasteiger partial charge in [0.2, 0.25) is 5.91 Å². The van der Waals surface area contributed by atoms with Crippen LogP contribution in [0.15, 0.2) is 35.5 Å². The van der Waals surface area contributed by atoms with Crippen molar-refractivity contribution in [1.82, 2.24) is 14.8 Å². The van der Waals surface area contributed by atoms with E-state index in [-0.39, 0.29) is 11.7 Å². The molecule has 0 atom stereocenters. The Morgan fingerprint density at radius 3 is 2.43 bits per heavy atom. The SMILES string of the molecule is Cn1c(SCC(=O)Nc2cc(Cl)c(Cl)cc2Cl)nnc1-c1ccc(Cl)cc1Cl. The Hall–Kier alpha value is -1.15. The number of nitrogens with one attached hydrogen (secondary N) is 1. The number of rotatable bonds is 5. The van der Waals surface area contributed by atoms with E-state index in [0.29, 0.717) is 47.3 Å². The fourth-order valence-electron chi connectivity index (χ4n) is 2.28. The molecule has 0 bridgehead atoms. The highest BCUT2D eigenvalue weighted by Crippen LogP contribution is 2.33. The third-order valence-electron chi connectivity index (χ3n) is 3.62. The summed E-state index contributed by atoms with van der Waals surface area (Å²) in [7, 11) is 1.79. The van der Waals surface area contributed by atoms with E-state index in [1.165, 1.54) is 23.9 Å². The number of carbonyl (C=O) groups is 1. The molecule has 3 rings (SSSR count). The average molecular weight is 497 g/mol. The van der Waals surface area contributed by atoms with Gasteiger partial charge in [-0.3, -0.25) is 4.79 Å². The molecule has 0 aliphatic carbocycles. The first-order chi connectivity index (χ1) is 13.3. The number of anilines is 1. The molecule has 0 fully saturated rings. The van der Waals surface area contributed by atoms with Gasteiger partial charge in [0.15, 0.2) is 11.0 Å². The van der Waals surface area contributed by atoms with Crippen LogP contribution in [0.2, 0.25) is 25.1 Å². The van der Waals surface area contributed by atoms with Gasteiger partial charge in [0.05, 0.1) is 31.5 Å². The van der Waals surface area contributed by atoms with E-state index < -0.39 is 0 Å². The van der Waals surface area contributed by atoms with Crippen LogP contribution < -0.4 is 5.32 Å². The fourth-order valence-corrected chi connectivity index (χ4v) is 4.08. The summed E-state index contributed by atoms with van der Waals surface area (Å²) >= 11 is 31.3. The Bertz CT molecular complexity index is 1060. The zero-order chi connectivity index (χ0) is 20.4. The second kappa shape index (κ2) is 9.11. The van der Waals surface area contributed by atoms with Crippen molar-refractivity contribution >= 4 is 81.4 Å². The van der Waals surface area contributed by atoms with Gasteiger partial charge in [0.1, 0.15) is 0 Å². The zero-order valence-corrected chi connectivity index (χ0v) is 18.7. The van der Waals surface area contributed by atoms with E-state index in [1.807, 2.05) is 0 Å². The highest BCUT2D eigenvalue weighted by atomic mass is 35.5. The summed E-state index contributed by atoms with van der Waals surface area (Å²) in [6, 6.07) is 8.09. The number of benzene rings is 2. The van der Waals surface area contributed by atoms with Gasteiger partial charge >= 0.3 is 0 Å². The summed E-state index contributed by atoms with van der Waals surface area (Å²) in [6.45, 7) is 0. The highest BCUT2D eigenvalue weighted by molar-refractivity contribution is 7.99. The maximum Gasteiger partial charge on any atom is 0.234 e. The van der Waals surface area contributed by atoms with Crippen molar-refractivity contribution < 1.29 is 4.79 Å². The molecule has 0 spiro atoms. The minimum Gasteiger partial charge on any atom is -0.324 e. The lowest BCUT2D eigenvalue weighted by Crippen LogP contribution is -2.14. The van der Waals surface area contributed by atoms with Gasteiger partial charge < -0.3 is 9.88 Å². The van der Waals surface area contributed by atoms with Gasteiger partial charge in [0, 0.05) is 17.6 Å². The monoisotopic (exact) mass is 494 g/mol. The van der Waals surface area contributed by atoms with Crippen molar-refractivity contribution in [3.8, 4) is 11.4 Å². The number of hydrogen-bond donors (Lipinski definition) is 1. The minimum atomic E-state index is -0.278. The molecule has 0 aliphatic heterocycles. The molecule has 5 nitrogen and oxygen atoms in total. The highest BCUT2D eigenvalue weighted by Gasteiger charge is 2.16. The lowest BCUT2D eigenvalue weighted by Gasteiger charge is -2.09. The van der Waals surface area contributed by atoms with E-state index in [4.69, 9.17) is 58.0 Å². The van der Waals surface area contributed by atoms with Crippen LogP contribution in [-0.2, 0) is 11.8 Å². The van der Waals surface area contributed by atoms with Crippen molar-refractivity contribution in [3.05, 3.63) is 55.4 Å². The van der Waals surface area contributed by atoms with Crippen LogP contribution >= 0.6 is 69.8 Å². The van der Waals surface area contributed by atoms with Gasteiger partial charge in [-0.2, -0.15) is 0 Å². The number of halogens is 5. The molecule has 3 aromatic rings. The minimum absolute atomic E-state index is 0.0941. The summed E-state index contributed by atoms with van der Waals surface area (Å²) < 4.78 is 1.75. The molecular weight excluding hydrogens is 486 g/mol. The molecule has 1 N–H and O–H groups in total. The lowest BCUT2D eigenvalue weighted by atomic mass is 10.2. The molecule has 28 heavy (non-hydrogen) atoms. The maximum atomic E-state index is 12.3. The number of aromatic nitrogens is 3. The largest absolute Gasteiger partial charge is 0.324 e. The van der Waals surface area contributed by atoms with Crippen LogP contribution in [0, 0.1) is 0 Å². The molecule has 0 radical (unpaired) electrons. The number of amides is 1. The molecular formula is C17H11Cl5N4OS. The van der Waals surface area contributed by atoms with Crippen molar-refractivity contribution in [2.75, 3.05) is 11.1 Å². The predicted octanol–water partition coefficient (Wildman–Crippen LogP) is 6.48. The number of carbonyl (C=O) groups excluding carboxylic acids is 1. The third-order valence-corrected chi connectivity index (χ3v) is 6.23. The normalized spacial score (nSPS) is 10.9. The second-order valence-corrected chi connectivity index (χ2v) is 8.58. The summed E-state index contributed by atoms with van der Waals surface area (Å²) in [6.07, 6.45) is 0. The summed E-state index contributed by atoms with van der Waals surface area (Å²) in [5.74, 6) is 0.383. The molecule has 146 valence electrons. The average Bonchev–Trinajstić information content (AvgIpc) is 2.98. The Labute approximate surface area is 190 Å². The Kier molecular flexibility index (Phi) is 7.02. The van der Waals surface area contributed by atoms with Crippen molar-refractivity contribution in [2.24, 2.45) is 7.05 Å². The Morgan fingerprint density at radius 2 is 1.71 bits per heavy atom. The number of hydrogen-bond acceptors (Lipinski definition) is 4. The first-order valence-electron chi connectivity index (χ1n) is 7.68. The van der Waals surface area contributed by atoms with Gasteiger partial charge in [-0.05, 0) is 30.3 Å². The van der Waals surface area contributed by atoms with Crippen molar-refractivity contribution in [3.63, 3.8) is 0 Å². The molecule has 1 heterocycles. The molecule has 0 unspecified atom stereocenters. The van der Waals surface area contributed by atoms with Gasteiger partial charge in [-0.1, -0.05) is 69.8 Å². The van der Waals surface area contributed by atoms with Crippen LogP contribution in [0.5, 0.6) is 0 Å². The smallest absolute Gasteiger partial charge is 0.234 e. The van der Waals surface area contributed by atoms with Gasteiger partial charge in [-0.15, -0.1) is 10.2 Å². The molecule has 0 saturated carbocycles. The first kappa shape index (κ1) is 21.6. The quantitative estimate of drug-likeness (QED) is 0.324. The number of nitrogens with zero attached hydrogens (tertiary/aromatic N) is 3. The van der Waals surface area contributed by atoms with E-state index in [2.05, 4.69) is 15.5 Å². The van der Waals surface area contributed by atoms with Crippen LogP contribution in [0.1, 0.15) is 0 Å². The van der Waals surface area contributed by atoms with E-state index in [0.717, 1.165) is 0 Å². The molecule has 0 saturated heterocycles. The van der Waals surface area contributed by atoms with Crippen LogP contribution in [0.25, 0.3) is 11.4 Å². The standard InChI is InChI=1S/C17H11Cl5N4OS/c1-26-16(9-3-2-8(18)4-10(9)19)24-25-17(26)28-7-15(27)23-14-6-12(21)11(20)5-13(14)22/h2-6H,7H2,1H3,(H,23,27). The second-order valence-electron chi connectivity index (χ2n) is 5.57. The molecule has 1 amide bonds. The maximum absolute atomic E-state index is 12.3. The van der Waals surface area contributed by atoms with Gasteiger partial charge in [-0.25, -0.2) is 0 Å². The van der Waals surface area contributed by atoms with Crippen LogP contribution in [0.3, 0.4) is 0 Å². The molecule has 0 aliphatic rings. The zero-order valence-electron chi connectivity index (χ0n) is 14.1. The number of thioether (sulfide) groups is 1. The van der Waals surface area contributed by atoms with E-state index >= 15 is 0 Å².